The van der Waals surface area contributed by atoms with Gasteiger partial charge in [0.15, 0.2) is 0 Å². The number of benzene rings is 1. The molecule has 0 aromatic heterocycles. The summed E-state index contributed by atoms with van der Waals surface area (Å²) in [6.07, 6.45) is 0.305. The molecule has 0 aliphatic rings. The molecule has 0 saturated carbocycles. The van der Waals surface area contributed by atoms with E-state index in [0.717, 1.165) is 5.56 Å². The molecule has 6 nitrogen and oxygen atoms in total. The average molecular weight is 289 g/mol. The third kappa shape index (κ3) is 8.15. The summed E-state index contributed by atoms with van der Waals surface area (Å²) in [7, 11) is 0. The molecule has 0 heterocycles. The van der Waals surface area contributed by atoms with Crippen molar-refractivity contribution in [2.45, 2.75) is 25.5 Å². The Hall–Kier alpha value is -1.63. The largest absolute Gasteiger partial charge is 0.461 e. The monoisotopic (exact) mass is 288 g/mol. The van der Waals surface area contributed by atoms with E-state index in [1.807, 2.05) is 30.3 Å². The van der Waals surface area contributed by atoms with Gasteiger partial charge in [-0.15, -0.1) is 0 Å². The molecule has 1 atom stereocenters. The molecule has 1 aromatic carbocycles. The number of amides is 1. The highest BCUT2D eigenvalue weighted by molar-refractivity contribution is 6.04. The number of rotatable bonds is 6. The quantitative estimate of drug-likeness (QED) is 0.658. The van der Waals surface area contributed by atoms with Crippen LogP contribution in [0.15, 0.2) is 30.3 Å². The van der Waals surface area contributed by atoms with Crippen molar-refractivity contribution in [1.82, 2.24) is 0 Å². The van der Waals surface area contributed by atoms with Crippen molar-refractivity contribution in [1.29, 1.82) is 0 Å². The molecule has 0 saturated heterocycles. The fourth-order valence-corrected chi connectivity index (χ4v) is 1.23. The zero-order chi connectivity index (χ0) is 14.7. The lowest BCUT2D eigenvalue weighted by molar-refractivity contribution is -0.145. The highest BCUT2D eigenvalue weighted by Crippen LogP contribution is 2.03. The summed E-state index contributed by atoms with van der Waals surface area (Å²) < 4.78 is 11.5. The van der Waals surface area contributed by atoms with Gasteiger partial charge in [-0.05, 0) is 12.0 Å². The Labute approximate surface area is 116 Å². The molecular formula is C12H17ClN2O4. The first-order valence-electron chi connectivity index (χ1n) is 5.51. The summed E-state index contributed by atoms with van der Waals surface area (Å²) in [6, 6.07) is 8.56. The van der Waals surface area contributed by atoms with Gasteiger partial charge in [-0.3, -0.25) is 14.2 Å². The Bertz CT molecular complexity index is 387. The molecule has 1 amide bonds. The average Bonchev–Trinajstić information content (AvgIpc) is 2.45. The van der Waals surface area contributed by atoms with Gasteiger partial charge in [0.05, 0.1) is 17.9 Å². The van der Waals surface area contributed by atoms with E-state index in [1.165, 1.54) is 0 Å². The van der Waals surface area contributed by atoms with E-state index in [4.69, 9.17) is 20.9 Å². The van der Waals surface area contributed by atoms with E-state index < -0.39 is 11.9 Å². The lowest BCUT2D eigenvalue weighted by Crippen LogP contribution is -2.36. The van der Waals surface area contributed by atoms with Crippen LogP contribution in [0.5, 0.6) is 0 Å². The van der Waals surface area contributed by atoms with E-state index in [0.29, 0.717) is 0 Å². The molecule has 0 aliphatic heterocycles. The van der Waals surface area contributed by atoms with Gasteiger partial charge in [0.2, 0.25) is 5.91 Å². The molecule has 0 radical (unpaired) electrons. The SMILES string of the molecule is NC(=O)[C@H](N)CCC(=O)OCc1ccccc1.OCl. The number of hydrogen-bond donors (Lipinski definition) is 3. The van der Waals surface area contributed by atoms with Crippen LogP contribution in [0.3, 0.4) is 0 Å². The third-order valence-electron chi connectivity index (χ3n) is 2.27. The molecule has 1 aromatic rings. The van der Waals surface area contributed by atoms with E-state index in [-0.39, 0.29) is 25.4 Å². The number of carbonyl (C=O) groups is 2. The summed E-state index contributed by atoms with van der Waals surface area (Å²) in [5, 5.41) is 0. The molecule has 0 spiro atoms. The Morgan fingerprint density at radius 3 is 2.37 bits per heavy atom. The standard InChI is InChI=1S/C12H16N2O3.ClHO/c13-10(12(14)16)6-7-11(15)17-8-9-4-2-1-3-5-9;1-2/h1-5,10H,6-8,13H2,(H2,14,16);2H/t10-;/m1./s1. The molecule has 0 bridgehead atoms. The normalized spacial score (nSPS) is 10.9. The number of carbonyl (C=O) groups excluding carboxylic acids is 2. The van der Waals surface area contributed by atoms with Crippen LogP contribution in [0.25, 0.3) is 0 Å². The Morgan fingerprint density at radius 2 is 1.84 bits per heavy atom. The minimum atomic E-state index is -0.792. The van der Waals surface area contributed by atoms with Crippen LogP contribution >= 0.6 is 11.9 Å². The van der Waals surface area contributed by atoms with E-state index >= 15 is 0 Å². The van der Waals surface area contributed by atoms with Crippen LogP contribution in [-0.2, 0) is 20.9 Å². The Kier molecular flexibility index (Phi) is 9.42. The highest BCUT2D eigenvalue weighted by Gasteiger charge is 2.12. The smallest absolute Gasteiger partial charge is 0.306 e. The second-order valence-electron chi connectivity index (χ2n) is 3.69. The second kappa shape index (κ2) is 10.3. The fraction of sp³-hybridized carbons (Fsp3) is 0.333. The van der Waals surface area contributed by atoms with Crippen LogP contribution in [0.4, 0.5) is 0 Å². The van der Waals surface area contributed by atoms with Gasteiger partial charge in [-0.1, -0.05) is 30.3 Å². The number of ether oxygens (including phenoxy) is 1. The van der Waals surface area contributed by atoms with Crippen molar-refractivity contribution in [2.75, 3.05) is 0 Å². The second-order valence-corrected chi connectivity index (χ2v) is 3.69. The summed E-state index contributed by atoms with van der Waals surface area (Å²) >= 11 is 3.64. The van der Waals surface area contributed by atoms with Gasteiger partial charge >= 0.3 is 5.97 Å². The van der Waals surface area contributed by atoms with Gasteiger partial charge in [0.1, 0.15) is 6.61 Å². The topological polar surface area (TPSA) is 116 Å². The lowest BCUT2D eigenvalue weighted by Gasteiger charge is -2.07. The summed E-state index contributed by atoms with van der Waals surface area (Å²) in [5.74, 6) is -0.994. The van der Waals surface area contributed by atoms with Crippen LogP contribution in [0.2, 0.25) is 0 Å². The van der Waals surface area contributed by atoms with E-state index in [2.05, 4.69) is 11.9 Å². The summed E-state index contributed by atoms with van der Waals surface area (Å²) in [4.78, 5) is 21.9. The number of esters is 1. The van der Waals surface area contributed by atoms with Crippen LogP contribution in [0.1, 0.15) is 18.4 Å². The zero-order valence-corrected chi connectivity index (χ0v) is 11.0. The minimum absolute atomic E-state index is 0.0942. The number of nitrogens with two attached hydrogens (primary N) is 2. The van der Waals surface area contributed by atoms with Crippen molar-refractivity contribution >= 4 is 23.7 Å². The van der Waals surface area contributed by atoms with Gasteiger partial charge in [0.25, 0.3) is 0 Å². The number of hydrogen-bond acceptors (Lipinski definition) is 5. The van der Waals surface area contributed by atoms with Gasteiger partial charge in [0, 0.05) is 6.42 Å². The Balaban J connectivity index is 0.00000154. The zero-order valence-electron chi connectivity index (χ0n) is 10.3. The third-order valence-corrected chi connectivity index (χ3v) is 2.27. The first-order chi connectivity index (χ1) is 9.09. The van der Waals surface area contributed by atoms with Crippen molar-refractivity contribution in [3.63, 3.8) is 0 Å². The first kappa shape index (κ1) is 17.4. The minimum Gasteiger partial charge on any atom is -0.461 e. The van der Waals surface area contributed by atoms with Gasteiger partial charge in [-0.2, -0.15) is 0 Å². The summed E-state index contributed by atoms with van der Waals surface area (Å²) in [6.45, 7) is 0.228. The Morgan fingerprint density at radius 1 is 1.26 bits per heavy atom. The fourth-order valence-electron chi connectivity index (χ4n) is 1.23. The molecule has 1 rings (SSSR count). The number of primary amides is 1. The summed E-state index contributed by atoms with van der Waals surface area (Å²) in [5.41, 5.74) is 11.3. The van der Waals surface area contributed by atoms with Gasteiger partial charge < -0.3 is 16.2 Å². The van der Waals surface area contributed by atoms with Crippen molar-refractivity contribution in [2.24, 2.45) is 11.5 Å². The molecule has 0 fully saturated rings. The number of halogens is 1. The van der Waals surface area contributed by atoms with Gasteiger partial charge in [-0.25, -0.2) is 0 Å². The van der Waals surface area contributed by atoms with Crippen molar-refractivity contribution in [3.05, 3.63) is 35.9 Å². The van der Waals surface area contributed by atoms with E-state index in [1.54, 1.807) is 0 Å². The van der Waals surface area contributed by atoms with Crippen LogP contribution < -0.4 is 11.5 Å². The molecule has 19 heavy (non-hydrogen) atoms. The molecule has 106 valence electrons. The van der Waals surface area contributed by atoms with Crippen LogP contribution in [-0.4, -0.2) is 22.6 Å². The maximum atomic E-state index is 11.3. The van der Waals surface area contributed by atoms with Crippen molar-refractivity contribution < 1.29 is 19.0 Å². The predicted octanol–water partition coefficient (Wildman–Crippen LogP) is 0.455. The maximum Gasteiger partial charge on any atom is 0.306 e. The molecule has 0 aliphatic carbocycles. The predicted molar refractivity (Wildman–Crippen MR) is 70.7 cm³/mol. The first-order valence-corrected chi connectivity index (χ1v) is 5.84. The maximum absolute atomic E-state index is 11.3. The highest BCUT2D eigenvalue weighted by atomic mass is 35.5. The van der Waals surface area contributed by atoms with Crippen molar-refractivity contribution in [3.8, 4) is 0 Å². The molecule has 7 heteroatoms. The molecular weight excluding hydrogens is 272 g/mol. The lowest BCUT2D eigenvalue weighted by atomic mass is 10.1. The van der Waals surface area contributed by atoms with E-state index in [9.17, 15) is 9.59 Å². The molecule has 5 N–H and O–H groups in total. The van der Waals surface area contributed by atoms with Crippen LogP contribution in [0, 0.1) is 0 Å². The molecule has 0 unspecified atom stereocenters.